The molecule has 2 unspecified atom stereocenters. The van der Waals surface area contributed by atoms with Gasteiger partial charge in [0.2, 0.25) is 0 Å². The quantitative estimate of drug-likeness (QED) is 0.558. The van der Waals surface area contributed by atoms with Crippen LogP contribution in [0.25, 0.3) is 0 Å². The fourth-order valence-corrected chi connectivity index (χ4v) is 4.72. The number of amides is 2. The van der Waals surface area contributed by atoms with Crippen molar-refractivity contribution < 1.29 is 18.5 Å². The molecule has 2 rings (SSSR count). The highest BCUT2D eigenvalue weighted by Gasteiger charge is 2.24. The summed E-state index contributed by atoms with van der Waals surface area (Å²) >= 11 is 0.898. The number of hydrogen-bond acceptors (Lipinski definition) is 6. The maximum Gasteiger partial charge on any atom is 0.354 e. The van der Waals surface area contributed by atoms with Gasteiger partial charge in [-0.1, -0.05) is 19.9 Å². The third kappa shape index (κ3) is 5.37. The number of nitrogens with one attached hydrogen (secondary N) is 1. The number of nitrogens with zero attached hydrogens (tertiary/aromatic N) is 2. The number of carbonyl (C=O) groups excluding carboxylic acids is 1. The van der Waals surface area contributed by atoms with Gasteiger partial charge in [-0.15, -0.1) is 15.7 Å². The number of anilines is 1. The number of benzene rings is 1. The molecular weight excluding hydrogens is 417 g/mol. The molecule has 0 bridgehead atoms. The number of rotatable bonds is 5. The molecule has 2 amide bonds. The Morgan fingerprint density at radius 1 is 1.38 bits per heavy atom. The molecule has 29 heavy (non-hydrogen) atoms. The van der Waals surface area contributed by atoms with E-state index in [9.17, 15) is 18.5 Å². The molecule has 1 aromatic heterocycles. The first-order chi connectivity index (χ1) is 13.2. The van der Waals surface area contributed by atoms with Gasteiger partial charge < -0.3 is 16.2 Å². The third-order valence-electron chi connectivity index (χ3n) is 4.05. The second-order valence-electron chi connectivity index (χ2n) is 7.50. The lowest BCUT2D eigenvalue weighted by molar-refractivity contribution is 0.0783. The summed E-state index contributed by atoms with van der Waals surface area (Å²) in [5.74, 6) is -0.605. The Bertz CT molecular complexity index is 1030. The van der Waals surface area contributed by atoms with E-state index in [0.717, 1.165) is 11.3 Å². The second-order valence-corrected chi connectivity index (χ2v) is 10.6. The molecule has 0 saturated heterocycles. The van der Waals surface area contributed by atoms with Crippen LogP contribution in [0.2, 0.25) is 0 Å². The molecule has 0 aliphatic carbocycles. The van der Waals surface area contributed by atoms with Gasteiger partial charge in [-0.3, -0.25) is 0 Å². The van der Waals surface area contributed by atoms with Crippen LogP contribution in [-0.4, -0.2) is 20.3 Å². The van der Waals surface area contributed by atoms with Gasteiger partial charge in [0.25, 0.3) is 0 Å². The number of aromatic nitrogens is 1. The summed E-state index contributed by atoms with van der Waals surface area (Å²) in [4.78, 5) is 16.5. The second kappa shape index (κ2) is 8.44. The predicted molar refractivity (Wildman–Crippen MR) is 112 cm³/mol. The summed E-state index contributed by atoms with van der Waals surface area (Å²) in [5, 5.41) is 18.5. The average Bonchev–Trinajstić information content (AvgIpc) is 3.04. The fourth-order valence-electron chi connectivity index (χ4n) is 2.65. The first-order valence-electron chi connectivity index (χ1n) is 8.86. The van der Waals surface area contributed by atoms with Crippen LogP contribution in [0.1, 0.15) is 62.7 Å². The zero-order valence-corrected chi connectivity index (χ0v) is 18.5. The molecule has 6 N–H and O–H groups in total. The molecule has 0 saturated carbocycles. The monoisotopic (exact) mass is 443 g/mol. The predicted octanol–water partition coefficient (Wildman–Crippen LogP) is 3.59. The van der Waals surface area contributed by atoms with Crippen LogP contribution in [0.4, 0.5) is 14.9 Å². The molecule has 0 radical (unpaired) electrons. The van der Waals surface area contributed by atoms with Gasteiger partial charge in [0.05, 0.1) is 11.9 Å². The lowest BCUT2D eigenvalue weighted by Crippen LogP contribution is -2.20. The summed E-state index contributed by atoms with van der Waals surface area (Å²) in [6.45, 7) is 8.39. The summed E-state index contributed by atoms with van der Waals surface area (Å²) in [6.07, 6.45) is 1.21. The van der Waals surface area contributed by atoms with E-state index in [-0.39, 0.29) is 26.4 Å². The van der Waals surface area contributed by atoms with Crippen molar-refractivity contribution in [3.63, 3.8) is 0 Å². The Balaban J connectivity index is 2.46. The number of thiazole rings is 1. The van der Waals surface area contributed by atoms with Crippen molar-refractivity contribution in [2.24, 2.45) is 15.2 Å². The van der Waals surface area contributed by atoms with E-state index in [1.165, 1.54) is 26.1 Å². The van der Waals surface area contributed by atoms with Crippen molar-refractivity contribution in [2.45, 2.75) is 56.4 Å². The van der Waals surface area contributed by atoms with Crippen molar-refractivity contribution in [3.05, 3.63) is 40.3 Å². The highest BCUT2D eigenvalue weighted by atomic mass is 32.2. The van der Waals surface area contributed by atoms with E-state index in [2.05, 4.69) is 14.7 Å². The van der Waals surface area contributed by atoms with Gasteiger partial charge in [-0.25, -0.2) is 23.5 Å². The highest BCUT2D eigenvalue weighted by Crippen LogP contribution is 2.33. The summed E-state index contributed by atoms with van der Waals surface area (Å²) < 4.78 is 30.7. The zero-order chi connectivity index (χ0) is 22.1. The molecule has 8 nitrogen and oxygen atoms in total. The summed E-state index contributed by atoms with van der Waals surface area (Å²) in [7, 11) is -3.61. The van der Waals surface area contributed by atoms with Gasteiger partial charge in [0.1, 0.15) is 20.6 Å². The van der Waals surface area contributed by atoms with Gasteiger partial charge in [-0.05, 0) is 38.3 Å². The normalized spacial score (nSPS) is 15.1. The summed E-state index contributed by atoms with van der Waals surface area (Å²) in [5.41, 5.74) is 5.62. The van der Waals surface area contributed by atoms with Gasteiger partial charge >= 0.3 is 6.03 Å². The molecule has 0 spiro atoms. The molecular formula is C18H26FN5O3S2. The topological polar surface area (TPSA) is 144 Å². The van der Waals surface area contributed by atoms with Crippen molar-refractivity contribution >= 4 is 33.0 Å². The van der Waals surface area contributed by atoms with Crippen molar-refractivity contribution in [2.75, 3.05) is 5.32 Å². The minimum Gasteiger partial charge on any atom is -0.383 e. The maximum absolute atomic E-state index is 14.3. The van der Waals surface area contributed by atoms with E-state index < -0.39 is 33.4 Å². The standard InChI is InChI=1S/C18H26FN5O3S2/c1-9(2)11-6-7-12(19)14(10(3)20)15(11)23-17(25)24-29(21,27)13-8-22-16(28-13)18(4,5)26/h6-10,26H,20H2,1-5H3,(H3,21,23,24,25,27). The van der Waals surface area contributed by atoms with Crippen LogP contribution in [0.15, 0.2) is 26.9 Å². The Hall–Kier alpha value is -1.92. The molecule has 11 heteroatoms. The van der Waals surface area contributed by atoms with Crippen LogP contribution in [0, 0.1) is 5.82 Å². The number of carbonyl (C=O) groups is 1. The van der Waals surface area contributed by atoms with Gasteiger partial charge in [0.15, 0.2) is 9.92 Å². The van der Waals surface area contributed by atoms with Crippen molar-refractivity contribution in [3.8, 4) is 0 Å². The zero-order valence-electron chi connectivity index (χ0n) is 16.9. The van der Waals surface area contributed by atoms with E-state index in [4.69, 9.17) is 10.9 Å². The summed E-state index contributed by atoms with van der Waals surface area (Å²) in [6, 6.07) is 1.16. The van der Waals surface area contributed by atoms with Crippen molar-refractivity contribution in [1.29, 1.82) is 0 Å². The van der Waals surface area contributed by atoms with E-state index in [0.29, 0.717) is 5.56 Å². The Morgan fingerprint density at radius 3 is 2.48 bits per heavy atom. The smallest absolute Gasteiger partial charge is 0.354 e. The molecule has 0 aliphatic heterocycles. The van der Waals surface area contributed by atoms with Crippen LogP contribution in [0.3, 0.4) is 0 Å². The minimum atomic E-state index is -3.61. The highest BCUT2D eigenvalue weighted by molar-refractivity contribution is 7.93. The maximum atomic E-state index is 14.3. The number of urea groups is 1. The Labute approximate surface area is 173 Å². The van der Waals surface area contributed by atoms with E-state index in [1.807, 2.05) is 13.8 Å². The largest absolute Gasteiger partial charge is 0.383 e. The molecule has 1 heterocycles. The molecule has 160 valence electrons. The number of aliphatic hydroxyl groups is 1. The molecule has 2 aromatic rings. The van der Waals surface area contributed by atoms with Gasteiger partial charge in [0, 0.05) is 11.6 Å². The molecule has 2 atom stereocenters. The fraction of sp³-hybridized carbons (Fsp3) is 0.444. The minimum absolute atomic E-state index is 0.0403. The SMILES string of the molecule is CC(C)c1ccc(F)c(C(C)N)c1NC(=O)N=S(N)(=O)c1cnc(C(C)(C)O)s1. The number of halogens is 1. The molecule has 0 fully saturated rings. The lowest BCUT2D eigenvalue weighted by atomic mass is 9.94. The first-order valence-corrected chi connectivity index (χ1v) is 11.3. The van der Waals surface area contributed by atoms with Gasteiger partial charge in [-0.2, -0.15) is 0 Å². The first kappa shape index (κ1) is 23.4. The Morgan fingerprint density at radius 2 is 2.00 bits per heavy atom. The van der Waals surface area contributed by atoms with E-state index >= 15 is 0 Å². The van der Waals surface area contributed by atoms with Crippen molar-refractivity contribution in [1.82, 2.24) is 4.98 Å². The molecule has 1 aromatic carbocycles. The third-order valence-corrected chi connectivity index (χ3v) is 7.24. The lowest BCUT2D eigenvalue weighted by Gasteiger charge is -2.20. The number of hydrogen-bond donors (Lipinski definition) is 4. The van der Waals surface area contributed by atoms with Crippen LogP contribution < -0.4 is 16.2 Å². The Kier molecular flexibility index (Phi) is 6.80. The molecule has 0 aliphatic rings. The van der Waals surface area contributed by atoms with Crippen LogP contribution >= 0.6 is 11.3 Å². The van der Waals surface area contributed by atoms with E-state index in [1.54, 1.807) is 13.0 Å². The average molecular weight is 444 g/mol. The number of nitrogens with two attached hydrogens (primary N) is 2. The van der Waals surface area contributed by atoms with Crippen LogP contribution in [0.5, 0.6) is 0 Å². The van der Waals surface area contributed by atoms with Crippen LogP contribution in [-0.2, 0) is 15.5 Å².